The first-order valence-electron chi connectivity index (χ1n) is 3.63. The zero-order valence-electron chi connectivity index (χ0n) is 7.26. The molecule has 0 aromatic heterocycles. The van der Waals surface area contributed by atoms with E-state index in [9.17, 15) is 8.78 Å². The van der Waals surface area contributed by atoms with Crippen LogP contribution in [-0.2, 0) is 0 Å². The van der Waals surface area contributed by atoms with Crippen molar-refractivity contribution in [2.24, 2.45) is 0 Å². The predicted molar refractivity (Wildman–Crippen MR) is 46.0 cm³/mol. The molecule has 1 aromatic rings. The molecule has 12 heavy (non-hydrogen) atoms. The van der Waals surface area contributed by atoms with Gasteiger partial charge in [-0.15, -0.1) is 0 Å². The molecule has 0 N–H and O–H groups in total. The van der Waals surface area contributed by atoms with Gasteiger partial charge < -0.3 is 0 Å². The quantitative estimate of drug-likeness (QED) is 0.537. The summed E-state index contributed by atoms with van der Waals surface area (Å²) in [5, 5.41) is 0.353. The molecule has 1 aromatic carbocycles. The maximum Gasteiger partial charge on any atom is 0.132 e. The Hall–Kier alpha value is -0.703. The molecule has 63 valence electrons. The van der Waals surface area contributed by atoms with Crippen molar-refractivity contribution in [3.63, 3.8) is 0 Å². The summed E-state index contributed by atoms with van der Waals surface area (Å²) >= 11 is 0. The summed E-state index contributed by atoms with van der Waals surface area (Å²) in [5.41, 5.74) is 1.19. The molecule has 0 heterocycles. The van der Waals surface area contributed by atoms with Gasteiger partial charge in [-0.05, 0) is 37.1 Å². The normalized spacial score (nSPS) is 10.5. The molecule has 3 heteroatoms. The van der Waals surface area contributed by atoms with Gasteiger partial charge in [0, 0.05) is 5.56 Å². The topological polar surface area (TPSA) is 0 Å². The second kappa shape index (κ2) is 2.97. The van der Waals surface area contributed by atoms with E-state index >= 15 is 0 Å². The minimum Gasteiger partial charge on any atom is -0.207 e. The summed E-state index contributed by atoms with van der Waals surface area (Å²) in [7, 11) is 3.13. The minimum absolute atomic E-state index is 0.0723. The van der Waals surface area contributed by atoms with Crippen LogP contribution in [0.4, 0.5) is 8.78 Å². The van der Waals surface area contributed by atoms with E-state index < -0.39 is 11.6 Å². The zero-order chi connectivity index (χ0) is 9.46. The fraction of sp³-hybridized carbons (Fsp3) is 0.333. The van der Waals surface area contributed by atoms with Crippen molar-refractivity contribution in [1.82, 2.24) is 0 Å². The Morgan fingerprint density at radius 2 is 1.33 bits per heavy atom. The summed E-state index contributed by atoms with van der Waals surface area (Å²) in [6, 6.07) is 0. The Morgan fingerprint density at radius 1 is 0.833 bits per heavy atom. The highest BCUT2D eigenvalue weighted by Gasteiger charge is 2.13. The molecule has 0 atom stereocenters. The summed E-state index contributed by atoms with van der Waals surface area (Å²) in [6.07, 6.45) is 0. The monoisotopic (exact) mass is 183 g/mol. The van der Waals surface area contributed by atoms with Crippen LogP contribution in [0.2, 0.25) is 0 Å². The molecule has 0 aliphatic carbocycles. The third kappa shape index (κ3) is 1.18. The molecule has 0 bridgehead atoms. The predicted octanol–water partition coefficient (Wildman–Crippen LogP) is 1.68. The van der Waals surface area contributed by atoms with Crippen LogP contribution in [0.15, 0.2) is 0 Å². The summed E-state index contributed by atoms with van der Waals surface area (Å²) in [6.45, 7) is 4.75. The van der Waals surface area contributed by atoms with Gasteiger partial charge in [0.2, 0.25) is 0 Å². The molecule has 0 amide bonds. The van der Waals surface area contributed by atoms with Gasteiger partial charge in [0.15, 0.2) is 0 Å². The van der Waals surface area contributed by atoms with Gasteiger partial charge in [-0.3, -0.25) is 0 Å². The van der Waals surface area contributed by atoms with E-state index in [0.717, 1.165) is 0 Å². The van der Waals surface area contributed by atoms with Crippen molar-refractivity contribution >= 4 is 15.4 Å². The third-order valence-electron chi connectivity index (χ3n) is 2.14. The van der Waals surface area contributed by atoms with E-state index in [1.54, 1.807) is 13.8 Å². The van der Waals surface area contributed by atoms with Crippen LogP contribution in [0.5, 0.6) is 0 Å². The van der Waals surface area contributed by atoms with Crippen molar-refractivity contribution in [2.75, 3.05) is 0 Å². The van der Waals surface area contributed by atoms with E-state index in [-0.39, 0.29) is 5.56 Å². The number of halogens is 2. The molecule has 3 radical (unpaired) electrons. The third-order valence-corrected chi connectivity index (χ3v) is 2.74. The van der Waals surface area contributed by atoms with Gasteiger partial charge in [0.05, 0.1) is 10.2 Å². The lowest BCUT2D eigenvalue weighted by molar-refractivity contribution is 0.565. The van der Waals surface area contributed by atoms with Crippen LogP contribution < -0.4 is 5.19 Å². The Balaban J connectivity index is 3.60. The highest BCUT2D eigenvalue weighted by molar-refractivity contribution is 6.33. The number of rotatable bonds is 0. The second-order valence-corrected chi connectivity index (χ2v) is 3.38. The fourth-order valence-electron chi connectivity index (χ4n) is 1.08. The van der Waals surface area contributed by atoms with Crippen molar-refractivity contribution < 1.29 is 8.78 Å². The zero-order valence-corrected chi connectivity index (χ0v) is 8.26. The minimum atomic E-state index is -0.507. The first-order chi connectivity index (χ1) is 5.46. The first-order valence-corrected chi connectivity index (χ1v) is 4.13. The van der Waals surface area contributed by atoms with Gasteiger partial charge in [-0.25, -0.2) is 8.78 Å². The molecule has 1 rings (SSSR count). The van der Waals surface area contributed by atoms with Crippen LogP contribution in [-0.4, -0.2) is 10.2 Å². The van der Waals surface area contributed by atoms with Crippen molar-refractivity contribution in [2.45, 2.75) is 20.8 Å². The largest absolute Gasteiger partial charge is 0.207 e. The molecular formula is C9H9F2Si. The van der Waals surface area contributed by atoms with Crippen LogP contribution in [0.3, 0.4) is 0 Å². The van der Waals surface area contributed by atoms with E-state index in [2.05, 4.69) is 10.2 Å². The fourth-order valence-corrected chi connectivity index (χ4v) is 1.46. The lowest BCUT2D eigenvalue weighted by Gasteiger charge is -2.10. The molecular weight excluding hydrogens is 174 g/mol. The van der Waals surface area contributed by atoms with Gasteiger partial charge >= 0.3 is 0 Å². The molecule has 0 fully saturated rings. The van der Waals surface area contributed by atoms with Crippen LogP contribution >= 0.6 is 0 Å². The van der Waals surface area contributed by atoms with E-state index in [4.69, 9.17) is 0 Å². The molecule has 0 aliphatic heterocycles. The van der Waals surface area contributed by atoms with E-state index in [1.165, 1.54) is 6.92 Å². The molecule has 0 nitrogen and oxygen atoms in total. The highest BCUT2D eigenvalue weighted by Crippen LogP contribution is 2.16. The van der Waals surface area contributed by atoms with Crippen molar-refractivity contribution in [3.8, 4) is 0 Å². The smallest absolute Gasteiger partial charge is 0.132 e. The Morgan fingerprint density at radius 3 is 1.83 bits per heavy atom. The first kappa shape index (κ1) is 9.39. The van der Waals surface area contributed by atoms with Crippen LogP contribution in [0.1, 0.15) is 16.7 Å². The van der Waals surface area contributed by atoms with Gasteiger partial charge in [0.25, 0.3) is 0 Å². The Labute approximate surface area is 74.0 Å². The average Bonchev–Trinajstić information content (AvgIpc) is 2.08. The van der Waals surface area contributed by atoms with Crippen LogP contribution in [0, 0.1) is 32.4 Å². The Kier molecular flexibility index (Phi) is 2.33. The van der Waals surface area contributed by atoms with Gasteiger partial charge in [-0.1, -0.05) is 0 Å². The van der Waals surface area contributed by atoms with E-state index in [0.29, 0.717) is 16.3 Å². The average molecular weight is 183 g/mol. The molecule has 0 spiro atoms. The second-order valence-electron chi connectivity index (χ2n) is 2.88. The summed E-state index contributed by atoms with van der Waals surface area (Å²) in [5.74, 6) is -0.959. The maximum atomic E-state index is 13.2. The summed E-state index contributed by atoms with van der Waals surface area (Å²) < 4.78 is 26.3. The number of hydrogen-bond donors (Lipinski definition) is 0. The molecule has 0 aliphatic rings. The maximum absolute atomic E-state index is 13.2. The molecule has 0 saturated carbocycles. The number of hydrogen-bond acceptors (Lipinski definition) is 0. The van der Waals surface area contributed by atoms with Crippen LogP contribution in [0.25, 0.3) is 0 Å². The lowest BCUT2D eigenvalue weighted by atomic mass is 10.1. The van der Waals surface area contributed by atoms with Crippen molar-refractivity contribution in [3.05, 3.63) is 28.3 Å². The van der Waals surface area contributed by atoms with Crippen molar-refractivity contribution in [1.29, 1.82) is 0 Å². The standard InChI is InChI=1S/C9H9F2Si/c1-4-5(2)9(12)8(11)6(3)7(4)10/h1-3H3. The SMILES string of the molecule is Cc1c(C)c([Si])c(F)c(C)c1F. The highest BCUT2D eigenvalue weighted by atomic mass is 28.1. The van der Waals surface area contributed by atoms with Gasteiger partial charge in [0.1, 0.15) is 11.6 Å². The van der Waals surface area contributed by atoms with E-state index in [1.807, 2.05) is 0 Å². The lowest BCUT2D eigenvalue weighted by Crippen LogP contribution is -2.18. The Bertz CT molecular complexity index is 227. The van der Waals surface area contributed by atoms with Gasteiger partial charge in [-0.2, -0.15) is 0 Å². The number of benzene rings is 1. The molecule has 0 saturated heterocycles. The summed E-state index contributed by atoms with van der Waals surface area (Å²) in [4.78, 5) is 0. The molecule has 0 unspecified atom stereocenters.